The van der Waals surface area contributed by atoms with Gasteiger partial charge in [-0.1, -0.05) is 43.7 Å². The van der Waals surface area contributed by atoms with Crippen molar-refractivity contribution in [3.05, 3.63) is 53.3 Å². The van der Waals surface area contributed by atoms with Crippen molar-refractivity contribution in [2.75, 3.05) is 19.0 Å². The normalized spacial score (nSPS) is 12.2. The van der Waals surface area contributed by atoms with Crippen LogP contribution >= 0.6 is 0 Å². The Hall–Kier alpha value is -1.94. The number of aryl methyl sites for hydroxylation is 1. The Kier molecular flexibility index (Phi) is 5.90. The Morgan fingerprint density at radius 1 is 1.14 bits per heavy atom. The molecule has 0 amide bonds. The molecule has 1 N–H and O–H groups in total. The summed E-state index contributed by atoms with van der Waals surface area (Å²) >= 11 is 0. The molecule has 0 saturated heterocycles. The molecule has 0 radical (unpaired) electrons. The lowest BCUT2D eigenvalue weighted by atomic mass is 10.0. The van der Waals surface area contributed by atoms with E-state index in [4.69, 9.17) is 0 Å². The Bertz CT molecular complexity index is 581. The monoisotopic (exact) mass is 298 g/mol. The molecule has 2 rings (SSSR count). The van der Waals surface area contributed by atoms with E-state index in [1.165, 1.54) is 5.56 Å². The number of anilines is 1. The van der Waals surface area contributed by atoms with E-state index in [1.807, 2.05) is 32.0 Å². The largest absolute Gasteiger partial charge is 0.347 e. The number of hydrogen-bond donors (Lipinski definition) is 1. The number of benzene rings is 1. The first kappa shape index (κ1) is 16.4. The van der Waals surface area contributed by atoms with Crippen LogP contribution < -0.4 is 10.2 Å². The number of aromatic nitrogens is 2. The van der Waals surface area contributed by atoms with Crippen LogP contribution in [0.15, 0.2) is 36.4 Å². The SMILES string of the molecule is CCC[C@H](NCc1cc(C)nc(N(C)C)n1)c1ccccc1. The van der Waals surface area contributed by atoms with Crippen LogP contribution in [0.3, 0.4) is 0 Å². The van der Waals surface area contributed by atoms with Gasteiger partial charge in [0.15, 0.2) is 0 Å². The van der Waals surface area contributed by atoms with Gasteiger partial charge in [-0.25, -0.2) is 9.97 Å². The summed E-state index contributed by atoms with van der Waals surface area (Å²) in [5.74, 6) is 0.767. The Morgan fingerprint density at radius 3 is 2.50 bits per heavy atom. The first-order valence-electron chi connectivity index (χ1n) is 7.90. The van der Waals surface area contributed by atoms with Crippen LogP contribution in [-0.2, 0) is 6.54 Å². The smallest absolute Gasteiger partial charge is 0.225 e. The molecule has 1 heterocycles. The predicted molar refractivity (Wildman–Crippen MR) is 92.0 cm³/mol. The lowest BCUT2D eigenvalue weighted by molar-refractivity contribution is 0.489. The van der Waals surface area contributed by atoms with Gasteiger partial charge >= 0.3 is 0 Å². The second-order valence-electron chi connectivity index (χ2n) is 5.83. The van der Waals surface area contributed by atoms with Crippen molar-refractivity contribution in [1.29, 1.82) is 0 Å². The fraction of sp³-hybridized carbons (Fsp3) is 0.444. The van der Waals surface area contributed by atoms with Gasteiger partial charge in [-0.15, -0.1) is 0 Å². The molecule has 1 aromatic heterocycles. The maximum Gasteiger partial charge on any atom is 0.225 e. The molecule has 118 valence electrons. The highest BCUT2D eigenvalue weighted by atomic mass is 15.2. The topological polar surface area (TPSA) is 41.1 Å². The molecule has 0 spiro atoms. The van der Waals surface area contributed by atoms with Crippen molar-refractivity contribution in [2.24, 2.45) is 0 Å². The van der Waals surface area contributed by atoms with Gasteiger partial charge in [0.25, 0.3) is 0 Å². The highest BCUT2D eigenvalue weighted by molar-refractivity contribution is 5.30. The van der Waals surface area contributed by atoms with Gasteiger partial charge in [0.2, 0.25) is 5.95 Å². The average molecular weight is 298 g/mol. The summed E-state index contributed by atoms with van der Waals surface area (Å²) in [4.78, 5) is 11.0. The second-order valence-corrected chi connectivity index (χ2v) is 5.83. The Morgan fingerprint density at radius 2 is 1.86 bits per heavy atom. The molecule has 2 aromatic rings. The summed E-state index contributed by atoms with van der Waals surface area (Å²) in [5.41, 5.74) is 3.37. The lowest BCUT2D eigenvalue weighted by Gasteiger charge is -2.19. The number of hydrogen-bond acceptors (Lipinski definition) is 4. The van der Waals surface area contributed by atoms with Crippen molar-refractivity contribution in [2.45, 2.75) is 39.3 Å². The van der Waals surface area contributed by atoms with E-state index < -0.39 is 0 Å². The first-order valence-corrected chi connectivity index (χ1v) is 7.90. The fourth-order valence-electron chi connectivity index (χ4n) is 2.50. The molecular formula is C18H26N4. The van der Waals surface area contributed by atoms with Crippen LogP contribution in [0.5, 0.6) is 0 Å². The zero-order valence-electron chi connectivity index (χ0n) is 14.0. The van der Waals surface area contributed by atoms with Crippen molar-refractivity contribution in [1.82, 2.24) is 15.3 Å². The number of nitrogens with one attached hydrogen (secondary N) is 1. The molecule has 4 heteroatoms. The number of rotatable bonds is 7. The van der Waals surface area contributed by atoms with Crippen LogP contribution in [0.25, 0.3) is 0 Å². The lowest BCUT2D eigenvalue weighted by Crippen LogP contribution is -2.22. The fourth-order valence-corrected chi connectivity index (χ4v) is 2.50. The maximum absolute atomic E-state index is 4.61. The third-order valence-electron chi connectivity index (χ3n) is 3.60. The molecule has 1 aromatic carbocycles. The van der Waals surface area contributed by atoms with Gasteiger partial charge in [-0.05, 0) is 25.0 Å². The van der Waals surface area contributed by atoms with Crippen LogP contribution in [0.4, 0.5) is 5.95 Å². The molecule has 4 nitrogen and oxygen atoms in total. The summed E-state index contributed by atoms with van der Waals surface area (Å²) < 4.78 is 0. The first-order chi connectivity index (χ1) is 10.6. The van der Waals surface area contributed by atoms with Crippen molar-refractivity contribution in [3.63, 3.8) is 0 Å². The molecular weight excluding hydrogens is 272 g/mol. The van der Waals surface area contributed by atoms with Crippen LogP contribution in [-0.4, -0.2) is 24.1 Å². The second kappa shape index (κ2) is 7.90. The van der Waals surface area contributed by atoms with E-state index >= 15 is 0 Å². The minimum atomic E-state index is 0.365. The van der Waals surface area contributed by atoms with E-state index in [-0.39, 0.29) is 0 Å². The summed E-state index contributed by atoms with van der Waals surface area (Å²) in [6.45, 7) is 4.99. The highest BCUT2D eigenvalue weighted by Crippen LogP contribution is 2.19. The minimum absolute atomic E-state index is 0.365. The van der Waals surface area contributed by atoms with Gasteiger partial charge in [0.05, 0.1) is 5.69 Å². The van der Waals surface area contributed by atoms with Crippen LogP contribution in [0.2, 0.25) is 0 Å². The third-order valence-corrected chi connectivity index (χ3v) is 3.60. The number of nitrogens with zero attached hydrogens (tertiary/aromatic N) is 3. The quantitative estimate of drug-likeness (QED) is 0.849. The zero-order chi connectivity index (χ0) is 15.9. The van der Waals surface area contributed by atoms with Crippen molar-refractivity contribution < 1.29 is 0 Å². The van der Waals surface area contributed by atoms with Crippen LogP contribution in [0, 0.1) is 6.92 Å². The predicted octanol–water partition coefficient (Wildman–Crippen LogP) is 3.48. The molecule has 0 fully saturated rings. The average Bonchev–Trinajstić information content (AvgIpc) is 2.51. The van der Waals surface area contributed by atoms with Gasteiger partial charge in [0, 0.05) is 32.4 Å². The van der Waals surface area contributed by atoms with E-state index in [0.29, 0.717) is 6.04 Å². The van der Waals surface area contributed by atoms with E-state index in [9.17, 15) is 0 Å². The van der Waals surface area contributed by atoms with E-state index in [2.05, 4.69) is 52.5 Å². The molecule has 22 heavy (non-hydrogen) atoms. The molecule has 0 unspecified atom stereocenters. The molecule has 0 aliphatic heterocycles. The molecule has 0 aliphatic rings. The molecule has 0 saturated carbocycles. The highest BCUT2D eigenvalue weighted by Gasteiger charge is 2.11. The van der Waals surface area contributed by atoms with E-state index in [1.54, 1.807) is 0 Å². The summed E-state index contributed by atoms with van der Waals surface area (Å²) in [6, 6.07) is 13.0. The minimum Gasteiger partial charge on any atom is -0.347 e. The molecule has 0 aliphatic carbocycles. The van der Waals surface area contributed by atoms with Gasteiger partial charge < -0.3 is 10.2 Å². The van der Waals surface area contributed by atoms with Crippen molar-refractivity contribution >= 4 is 5.95 Å². The van der Waals surface area contributed by atoms with Gasteiger partial charge in [-0.3, -0.25) is 0 Å². The molecule has 0 bridgehead atoms. The van der Waals surface area contributed by atoms with Crippen molar-refractivity contribution in [3.8, 4) is 0 Å². The summed E-state index contributed by atoms with van der Waals surface area (Å²) in [6.07, 6.45) is 2.27. The zero-order valence-corrected chi connectivity index (χ0v) is 14.0. The van der Waals surface area contributed by atoms with E-state index in [0.717, 1.165) is 36.7 Å². The van der Waals surface area contributed by atoms with Crippen LogP contribution in [0.1, 0.15) is 42.8 Å². The Labute approximate surface area is 133 Å². The molecule has 1 atom stereocenters. The summed E-state index contributed by atoms with van der Waals surface area (Å²) in [5, 5.41) is 3.64. The third kappa shape index (κ3) is 4.53. The van der Waals surface area contributed by atoms with Gasteiger partial charge in [-0.2, -0.15) is 0 Å². The van der Waals surface area contributed by atoms with Gasteiger partial charge in [0.1, 0.15) is 0 Å². The Balaban J connectivity index is 2.09. The standard InChI is InChI=1S/C18H26N4/c1-5-9-17(15-10-7-6-8-11-15)19-13-16-12-14(2)20-18(21-16)22(3)4/h6-8,10-12,17,19H,5,9,13H2,1-4H3/t17-/m0/s1. The summed E-state index contributed by atoms with van der Waals surface area (Å²) in [7, 11) is 3.94. The maximum atomic E-state index is 4.61.